The van der Waals surface area contributed by atoms with E-state index in [1.54, 1.807) is 16.2 Å². The lowest BCUT2D eigenvalue weighted by molar-refractivity contribution is -0.117. The molecule has 1 aromatic heterocycles. The predicted octanol–water partition coefficient (Wildman–Crippen LogP) is 2.32. The maximum Gasteiger partial charge on any atom is 0.231 e. The van der Waals surface area contributed by atoms with Crippen molar-refractivity contribution in [1.29, 1.82) is 0 Å². The van der Waals surface area contributed by atoms with E-state index in [0.29, 0.717) is 6.42 Å². The van der Waals surface area contributed by atoms with Gasteiger partial charge in [0, 0.05) is 12.7 Å². The SMILES string of the molecule is CN1C(=O)Cc2cc(C(N)c3ccsc3)ccc21. The molecule has 0 bridgehead atoms. The van der Waals surface area contributed by atoms with Gasteiger partial charge in [-0.05, 0) is 39.6 Å². The average molecular weight is 258 g/mol. The van der Waals surface area contributed by atoms with Gasteiger partial charge in [-0.3, -0.25) is 4.79 Å². The summed E-state index contributed by atoms with van der Waals surface area (Å²) in [5.41, 5.74) is 10.5. The zero-order chi connectivity index (χ0) is 12.7. The number of benzene rings is 1. The van der Waals surface area contributed by atoms with Crippen LogP contribution < -0.4 is 10.6 Å². The molecule has 92 valence electrons. The molecule has 18 heavy (non-hydrogen) atoms. The molecular weight excluding hydrogens is 244 g/mol. The van der Waals surface area contributed by atoms with Crippen LogP contribution in [0.15, 0.2) is 35.0 Å². The lowest BCUT2D eigenvalue weighted by Crippen LogP contribution is -2.20. The number of hydrogen-bond acceptors (Lipinski definition) is 3. The molecule has 4 heteroatoms. The Bertz CT molecular complexity index is 592. The van der Waals surface area contributed by atoms with Gasteiger partial charge in [0.05, 0.1) is 12.5 Å². The van der Waals surface area contributed by atoms with Crippen molar-refractivity contribution in [2.45, 2.75) is 12.5 Å². The molecule has 3 rings (SSSR count). The highest BCUT2D eigenvalue weighted by Crippen LogP contribution is 2.31. The number of rotatable bonds is 2. The molecule has 0 aliphatic carbocycles. The van der Waals surface area contributed by atoms with Crippen LogP contribution in [0.5, 0.6) is 0 Å². The first-order chi connectivity index (χ1) is 8.66. The van der Waals surface area contributed by atoms with Crippen LogP contribution >= 0.6 is 11.3 Å². The van der Waals surface area contributed by atoms with Crippen LogP contribution in [0.3, 0.4) is 0 Å². The third kappa shape index (κ3) is 1.74. The zero-order valence-corrected chi connectivity index (χ0v) is 10.9. The summed E-state index contributed by atoms with van der Waals surface area (Å²) >= 11 is 1.65. The van der Waals surface area contributed by atoms with Gasteiger partial charge in [-0.2, -0.15) is 11.3 Å². The minimum Gasteiger partial charge on any atom is -0.320 e. The molecule has 2 heterocycles. The van der Waals surface area contributed by atoms with Gasteiger partial charge in [0.1, 0.15) is 0 Å². The number of nitrogens with two attached hydrogens (primary N) is 1. The number of hydrogen-bond donors (Lipinski definition) is 1. The first kappa shape index (κ1) is 11.4. The molecule has 1 aromatic carbocycles. The quantitative estimate of drug-likeness (QED) is 0.898. The highest BCUT2D eigenvalue weighted by atomic mass is 32.1. The second-order valence-corrected chi connectivity index (χ2v) is 5.33. The highest BCUT2D eigenvalue weighted by molar-refractivity contribution is 7.08. The summed E-state index contributed by atoms with van der Waals surface area (Å²) in [4.78, 5) is 13.3. The summed E-state index contributed by atoms with van der Waals surface area (Å²) in [7, 11) is 1.81. The molecule has 1 atom stereocenters. The zero-order valence-electron chi connectivity index (χ0n) is 10.1. The molecule has 1 aliphatic heterocycles. The number of carbonyl (C=O) groups is 1. The van der Waals surface area contributed by atoms with Crippen LogP contribution in [0.2, 0.25) is 0 Å². The Morgan fingerprint density at radius 3 is 2.89 bits per heavy atom. The summed E-state index contributed by atoms with van der Waals surface area (Å²) in [6.45, 7) is 0. The van der Waals surface area contributed by atoms with Gasteiger partial charge in [-0.15, -0.1) is 0 Å². The molecule has 2 N–H and O–H groups in total. The summed E-state index contributed by atoms with van der Waals surface area (Å²) in [6, 6.07) is 7.99. The number of thiophene rings is 1. The lowest BCUT2D eigenvalue weighted by Gasteiger charge is -2.14. The normalized spacial score (nSPS) is 15.9. The molecule has 3 nitrogen and oxygen atoms in total. The molecule has 1 aliphatic rings. The Balaban J connectivity index is 1.97. The maximum absolute atomic E-state index is 11.6. The minimum absolute atomic E-state index is 0.109. The van der Waals surface area contributed by atoms with Gasteiger partial charge in [-0.1, -0.05) is 12.1 Å². The van der Waals surface area contributed by atoms with Crippen LogP contribution in [-0.4, -0.2) is 13.0 Å². The molecule has 1 amide bonds. The van der Waals surface area contributed by atoms with Gasteiger partial charge >= 0.3 is 0 Å². The molecule has 0 radical (unpaired) electrons. The Labute approximate surface area is 110 Å². The number of amides is 1. The minimum atomic E-state index is -0.109. The number of anilines is 1. The third-order valence-corrected chi connectivity index (χ3v) is 4.14. The monoisotopic (exact) mass is 258 g/mol. The molecule has 0 fully saturated rings. The highest BCUT2D eigenvalue weighted by Gasteiger charge is 2.24. The van der Waals surface area contributed by atoms with Crippen molar-refractivity contribution in [1.82, 2.24) is 0 Å². The standard InChI is InChI=1S/C14H14N2OS/c1-16-12-3-2-9(6-11(12)7-13(16)17)14(15)10-4-5-18-8-10/h2-6,8,14H,7,15H2,1H3. The Kier molecular flexibility index (Phi) is 2.69. The molecule has 0 saturated carbocycles. The van der Waals surface area contributed by atoms with E-state index in [0.717, 1.165) is 22.4 Å². The van der Waals surface area contributed by atoms with Gasteiger partial charge in [0.2, 0.25) is 5.91 Å². The van der Waals surface area contributed by atoms with Crippen molar-refractivity contribution in [3.8, 4) is 0 Å². The number of fused-ring (bicyclic) bond motifs is 1. The third-order valence-electron chi connectivity index (χ3n) is 3.44. The first-order valence-corrected chi connectivity index (χ1v) is 6.78. The van der Waals surface area contributed by atoms with Crippen molar-refractivity contribution in [3.63, 3.8) is 0 Å². The van der Waals surface area contributed by atoms with Crippen molar-refractivity contribution < 1.29 is 4.79 Å². The Morgan fingerprint density at radius 2 is 2.17 bits per heavy atom. The van der Waals surface area contributed by atoms with Gasteiger partial charge in [0.15, 0.2) is 0 Å². The summed E-state index contributed by atoms with van der Waals surface area (Å²) < 4.78 is 0. The fourth-order valence-corrected chi connectivity index (χ4v) is 3.02. The lowest BCUT2D eigenvalue weighted by atomic mass is 9.99. The second-order valence-electron chi connectivity index (χ2n) is 4.55. The smallest absolute Gasteiger partial charge is 0.231 e. The van der Waals surface area contributed by atoms with Gasteiger partial charge in [0.25, 0.3) is 0 Å². The number of likely N-dealkylation sites (N-methyl/N-ethyl adjacent to an activating group) is 1. The summed E-state index contributed by atoms with van der Waals surface area (Å²) in [5, 5.41) is 4.09. The number of carbonyl (C=O) groups excluding carboxylic acids is 1. The molecule has 1 unspecified atom stereocenters. The van der Waals surface area contributed by atoms with Crippen LogP contribution in [-0.2, 0) is 11.2 Å². The summed E-state index contributed by atoms with van der Waals surface area (Å²) in [6.07, 6.45) is 0.482. The van der Waals surface area contributed by atoms with Crippen molar-refractivity contribution in [2.75, 3.05) is 11.9 Å². The van der Waals surface area contributed by atoms with E-state index in [9.17, 15) is 4.79 Å². The van der Waals surface area contributed by atoms with Crippen molar-refractivity contribution >= 4 is 22.9 Å². The van der Waals surface area contributed by atoms with E-state index < -0.39 is 0 Å². The predicted molar refractivity (Wildman–Crippen MR) is 73.9 cm³/mol. The molecular formula is C14H14N2OS. The van der Waals surface area contributed by atoms with Crippen LogP contribution in [0.1, 0.15) is 22.7 Å². The van der Waals surface area contributed by atoms with Crippen LogP contribution in [0, 0.1) is 0 Å². The largest absolute Gasteiger partial charge is 0.320 e. The topological polar surface area (TPSA) is 46.3 Å². The maximum atomic E-state index is 11.6. The van der Waals surface area contributed by atoms with E-state index in [2.05, 4.69) is 11.4 Å². The molecule has 2 aromatic rings. The number of nitrogens with zero attached hydrogens (tertiary/aromatic N) is 1. The van der Waals surface area contributed by atoms with E-state index in [1.165, 1.54) is 0 Å². The van der Waals surface area contributed by atoms with E-state index in [1.807, 2.05) is 30.6 Å². The fraction of sp³-hybridized carbons (Fsp3) is 0.214. The van der Waals surface area contributed by atoms with Crippen molar-refractivity contribution in [2.24, 2.45) is 5.73 Å². The van der Waals surface area contributed by atoms with E-state index in [4.69, 9.17) is 5.73 Å². The first-order valence-electron chi connectivity index (χ1n) is 5.84. The second kappa shape index (κ2) is 4.23. The van der Waals surface area contributed by atoms with E-state index >= 15 is 0 Å². The van der Waals surface area contributed by atoms with E-state index in [-0.39, 0.29) is 11.9 Å². The molecule has 0 saturated heterocycles. The Morgan fingerprint density at radius 1 is 1.33 bits per heavy atom. The van der Waals surface area contributed by atoms with Crippen molar-refractivity contribution in [3.05, 3.63) is 51.7 Å². The van der Waals surface area contributed by atoms with Crippen LogP contribution in [0.25, 0.3) is 0 Å². The van der Waals surface area contributed by atoms with Gasteiger partial charge in [-0.25, -0.2) is 0 Å². The fourth-order valence-electron chi connectivity index (χ4n) is 2.33. The Hall–Kier alpha value is -1.65. The van der Waals surface area contributed by atoms with Gasteiger partial charge < -0.3 is 10.6 Å². The summed E-state index contributed by atoms with van der Waals surface area (Å²) in [5.74, 6) is 0.145. The average Bonchev–Trinajstić information content (AvgIpc) is 2.98. The molecule has 0 spiro atoms. The van der Waals surface area contributed by atoms with Crippen LogP contribution in [0.4, 0.5) is 5.69 Å².